The lowest BCUT2D eigenvalue weighted by Crippen LogP contribution is -2.23. The van der Waals surface area contributed by atoms with E-state index < -0.39 is 0 Å². The Labute approximate surface area is 152 Å². The number of rotatable bonds is 6. The van der Waals surface area contributed by atoms with Gasteiger partial charge in [-0.15, -0.1) is 0 Å². The Bertz CT molecular complexity index is 712. The van der Waals surface area contributed by atoms with E-state index in [1.165, 1.54) is 18.0 Å². The van der Waals surface area contributed by atoms with Crippen molar-refractivity contribution in [3.63, 3.8) is 0 Å². The fraction of sp³-hybridized carbons (Fsp3) is 0.471. The van der Waals surface area contributed by atoms with Crippen LogP contribution in [-0.2, 0) is 11.3 Å². The monoisotopic (exact) mass is 366 g/mol. The van der Waals surface area contributed by atoms with Crippen molar-refractivity contribution < 1.29 is 4.79 Å². The molecule has 5 nitrogen and oxygen atoms in total. The molecule has 0 aromatic carbocycles. The van der Waals surface area contributed by atoms with Crippen LogP contribution in [0.1, 0.15) is 32.2 Å². The van der Waals surface area contributed by atoms with Crippen LogP contribution in [0.25, 0.3) is 0 Å². The van der Waals surface area contributed by atoms with Gasteiger partial charge in [-0.1, -0.05) is 37.2 Å². The van der Waals surface area contributed by atoms with E-state index in [-0.39, 0.29) is 11.2 Å². The minimum absolute atomic E-state index is 0.107. The van der Waals surface area contributed by atoms with E-state index in [0.717, 1.165) is 23.1 Å². The maximum atomic E-state index is 12.4. The summed E-state index contributed by atoms with van der Waals surface area (Å²) in [5, 5.41) is 3.94. The molecule has 2 aromatic rings. The highest BCUT2D eigenvalue weighted by Crippen LogP contribution is 2.26. The lowest BCUT2D eigenvalue weighted by Gasteiger charge is -2.15. The Balaban J connectivity index is 2.08. The van der Waals surface area contributed by atoms with E-state index in [4.69, 9.17) is 11.6 Å². The second-order valence-corrected chi connectivity index (χ2v) is 7.93. The van der Waals surface area contributed by atoms with Crippen molar-refractivity contribution in [1.29, 1.82) is 0 Å². The minimum Gasteiger partial charge on any atom is -0.323 e. The van der Waals surface area contributed by atoms with Gasteiger partial charge in [0.1, 0.15) is 5.82 Å². The Morgan fingerprint density at radius 3 is 2.62 bits per heavy atom. The fourth-order valence-corrected chi connectivity index (χ4v) is 3.31. The topological polar surface area (TPSA) is 59.8 Å². The number of pyridine rings is 1. The predicted molar refractivity (Wildman–Crippen MR) is 99.7 cm³/mol. The first-order chi connectivity index (χ1) is 11.3. The molecule has 0 aliphatic carbocycles. The van der Waals surface area contributed by atoms with Crippen molar-refractivity contribution in [2.75, 3.05) is 5.32 Å². The molecule has 0 unspecified atom stereocenters. The Hall–Kier alpha value is -1.53. The van der Waals surface area contributed by atoms with Gasteiger partial charge >= 0.3 is 0 Å². The van der Waals surface area contributed by atoms with Gasteiger partial charge in [0.2, 0.25) is 5.91 Å². The second kappa shape index (κ2) is 8.03. The van der Waals surface area contributed by atoms with Crippen LogP contribution < -0.4 is 5.32 Å². The molecule has 0 spiro atoms. The van der Waals surface area contributed by atoms with Crippen molar-refractivity contribution in [2.45, 2.75) is 51.6 Å². The van der Waals surface area contributed by atoms with Gasteiger partial charge in [-0.25, -0.2) is 9.97 Å². The van der Waals surface area contributed by atoms with Crippen LogP contribution in [0, 0.1) is 19.8 Å². The van der Waals surface area contributed by atoms with Crippen molar-refractivity contribution >= 4 is 35.1 Å². The van der Waals surface area contributed by atoms with E-state index in [1.54, 1.807) is 12.1 Å². The fourth-order valence-electron chi connectivity index (χ4n) is 2.18. The number of amides is 1. The van der Waals surface area contributed by atoms with Gasteiger partial charge < -0.3 is 9.88 Å². The van der Waals surface area contributed by atoms with Crippen molar-refractivity contribution in [3.8, 4) is 0 Å². The van der Waals surface area contributed by atoms with Crippen LogP contribution in [0.2, 0.25) is 5.02 Å². The average molecular weight is 367 g/mol. The van der Waals surface area contributed by atoms with Gasteiger partial charge in [0, 0.05) is 18.4 Å². The van der Waals surface area contributed by atoms with Crippen LogP contribution in [0.5, 0.6) is 0 Å². The molecule has 130 valence electrons. The van der Waals surface area contributed by atoms with Gasteiger partial charge in [-0.05, 0) is 38.8 Å². The molecule has 2 aromatic heterocycles. The molecular weight excluding hydrogens is 344 g/mol. The molecule has 1 amide bonds. The third-order valence-electron chi connectivity index (χ3n) is 3.60. The number of thioether (sulfide) groups is 1. The van der Waals surface area contributed by atoms with Crippen molar-refractivity contribution in [3.05, 3.63) is 34.7 Å². The zero-order valence-corrected chi connectivity index (χ0v) is 16.2. The molecule has 0 saturated heterocycles. The highest BCUT2D eigenvalue weighted by atomic mass is 35.5. The lowest BCUT2D eigenvalue weighted by atomic mass is 10.2. The molecule has 0 radical (unpaired) electrons. The SMILES string of the molecule is Cc1nc(S[C@@H](C)C(=O)Nc2ccc(Cl)cn2)n(CC(C)C)c1C. The van der Waals surface area contributed by atoms with E-state index in [2.05, 4.69) is 40.6 Å². The largest absolute Gasteiger partial charge is 0.323 e. The van der Waals surface area contributed by atoms with Gasteiger partial charge in [-0.3, -0.25) is 4.79 Å². The second-order valence-electron chi connectivity index (χ2n) is 6.18. The number of nitrogens with one attached hydrogen (secondary N) is 1. The lowest BCUT2D eigenvalue weighted by molar-refractivity contribution is -0.115. The summed E-state index contributed by atoms with van der Waals surface area (Å²) in [5.41, 5.74) is 2.16. The molecule has 0 aliphatic heterocycles. The molecule has 0 bridgehead atoms. The molecule has 0 aliphatic rings. The summed E-state index contributed by atoms with van der Waals surface area (Å²) in [4.78, 5) is 21.1. The van der Waals surface area contributed by atoms with E-state index >= 15 is 0 Å². The Kier molecular flexibility index (Phi) is 6.29. The third kappa shape index (κ3) is 4.74. The number of imidazole rings is 1. The number of carbonyl (C=O) groups is 1. The van der Waals surface area contributed by atoms with Crippen LogP contribution in [0.15, 0.2) is 23.5 Å². The highest BCUT2D eigenvalue weighted by Gasteiger charge is 2.20. The summed E-state index contributed by atoms with van der Waals surface area (Å²) in [6.45, 7) is 11.2. The van der Waals surface area contributed by atoms with Gasteiger partial charge in [-0.2, -0.15) is 0 Å². The minimum atomic E-state index is -0.283. The molecule has 1 N–H and O–H groups in total. The van der Waals surface area contributed by atoms with Gasteiger partial charge in [0.15, 0.2) is 5.16 Å². The molecule has 0 fully saturated rings. The molecule has 7 heteroatoms. The molecule has 24 heavy (non-hydrogen) atoms. The normalized spacial score (nSPS) is 12.5. The van der Waals surface area contributed by atoms with Gasteiger partial charge in [0.25, 0.3) is 0 Å². The summed E-state index contributed by atoms with van der Waals surface area (Å²) in [5.74, 6) is 0.901. The average Bonchev–Trinajstić information content (AvgIpc) is 2.76. The van der Waals surface area contributed by atoms with Crippen LogP contribution >= 0.6 is 23.4 Å². The summed E-state index contributed by atoms with van der Waals surface area (Å²) < 4.78 is 2.19. The number of hydrogen-bond donors (Lipinski definition) is 1. The smallest absolute Gasteiger partial charge is 0.238 e. The Morgan fingerprint density at radius 2 is 2.04 bits per heavy atom. The van der Waals surface area contributed by atoms with Gasteiger partial charge in [0.05, 0.1) is 16.0 Å². The number of aryl methyl sites for hydroxylation is 1. The number of carbonyl (C=O) groups excluding carboxylic acids is 1. The van der Waals surface area contributed by atoms with Crippen LogP contribution in [-0.4, -0.2) is 25.7 Å². The molecular formula is C17H23ClN4OS. The summed E-state index contributed by atoms with van der Waals surface area (Å²) in [7, 11) is 0. The number of nitrogens with zero attached hydrogens (tertiary/aromatic N) is 3. The molecule has 2 rings (SSSR count). The number of anilines is 1. The van der Waals surface area contributed by atoms with E-state index in [1.807, 2.05) is 13.8 Å². The number of aromatic nitrogens is 3. The molecule has 1 atom stereocenters. The Morgan fingerprint density at radius 1 is 1.33 bits per heavy atom. The summed E-state index contributed by atoms with van der Waals surface area (Å²) in [6.07, 6.45) is 1.51. The maximum Gasteiger partial charge on any atom is 0.238 e. The third-order valence-corrected chi connectivity index (χ3v) is 4.91. The van der Waals surface area contributed by atoms with Crippen LogP contribution in [0.4, 0.5) is 5.82 Å². The molecule has 0 saturated carbocycles. The quantitative estimate of drug-likeness (QED) is 0.773. The summed E-state index contributed by atoms with van der Waals surface area (Å²) in [6, 6.07) is 3.38. The predicted octanol–water partition coefficient (Wildman–Crippen LogP) is 4.32. The number of hydrogen-bond acceptors (Lipinski definition) is 4. The van der Waals surface area contributed by atoms with E-state index in [0.29, 0.717) is 16.8 Å². The first-order valence-corrected chi connectivity index (χ1v) is 9.16. The molecule has 2 heterocycles. The zero-order chi connectivity index (χ0) is 17.9. The highest BCUT2D eigenvalue weighted by molar-refractivity contribution is 8.00. The number of halogens is 1. The summed E-state index contributed by atoms with van der Waals surface area (Å²) >= 11 is 7.27. The van der Waals surface area contributed by atoms with E-state index in [9.17, 15) is 4.79 Å². The van der Waals surface area contributed by atoms with Crippen LogP contribution in [0.3, 0.4) is 0 Å². The first-order valence-electron chi connectivity index (χ1n) is 7.90. The maximum absolute atomic E-state index is 12.4. The first kappa shape index (κ1) is 18.8. The standard InChI is InChI=1S/C17H23ClN4OS/c1-10(2)9-22-12(4)11(3)20-17(22)24-13(5)16(23)21-15-7-6-14(18)8-19-15/h6-8,10,13H,9H2,1-5H3,(H,19,21,23)/t13-/m0/s1. The van der Waals surface area contributed by atoms with Crippen molar-refractivity contribution in [1.82, 2.24) is 14.5 Å². The zero-order valence-electron chi connectivity index (χ0n) is 14.6. The van der Waals surface area contributed by atoms with Crippen molar-refractivity contribution in [2.24, 2.45) is 5.92 Å².